The molecule has 1 aliphatic heterocycles. The zero-order valence-corrected chi connectivity index (χ0v) is 15.9. The van der Waals surface area contributed by atoms with Crippen molar-refractivity contribution in [2.24, 2.45) is 0 Å². The molecule has 0 bridgehead atoms. The maximum Gasteiger partial charge on any atom is 0.274 e. The second-order valence-corrected chi connectivity index (χ2v) is 6.77. The van der Waals surface area contributed by atoms with Crippen LogP contribution in [-0.4, -0.2) is 27.4 Å². The lowest BCUT2D eigenvalue weighted by atomic mass is 10.2. The van der Waals surface area contributed by atoms with E-state index in [1.165, 1.54) is 0 Å². The summed E-state index contributed by atoms with van der Waals surface area (Å²) in [6.45, 7) is 0.754. The van der Waals surface area contributed by atoms with E-state index in [0.717, 1.165) is 16.9 Å². The van der Waals surface area contributed by atoms with Crippen LogP contribution in [0, 0.1) is 0 Å². The number of rotatable bonds is 6. The fraction of sp³-hybridized carbons (Fsp3) is 0.136. The highest BCUT2D eigenvalue weighted by Crippen LogP contribution is 2.32. The summed E-state index contributed by atoms with van der Waals surface area (Å²) in [4.78, 5) is 16.9. The van der Waals surface area contributed by atoms with Gasteiger partial charge in [-0.25, -0.2) is 0 Å². The lowest BCUT2D eigenvalue weighted by Crippen LogP contribution is -2.27. The van der Waals surface area contributed by atoms with Crippen molar-refractivity contribution in [2.75, 3.05) is 6.79 Å². The molecule has 8 heteroatoms. The van der Waals surface area contributed by atoms with Gasteiger partial charge in [-0.1, -0.05) is 41.6 Å². The summed E-state index contributed by atoms with van der Waals surface area (Å²) >= 11 is 0. The number of nitrogens with one attached hydrogen (secondary N) is 1. The van der Waals surface area contributed by atoms with Crippen LogP contribution in [0.4, 0.5) is 0 Å². The van der Waals surface area contributed by atoms with E-state index in [4.69, 9.17) is 14.0 Å². The minimum atomic E-state index is -0.132. The van der Waals surface area contributed by atoms with Gasteiger partial charge in [0, 0.05) is 18.3 Å². The van der Waals surface area contributed by atoms with Gasteiger partial charge in [-0.15, -0.1) is 0 Å². The highest BCUT2D eigenvalue weighted by molar-refractivity contribution is 5.76. The number of amides is 1. The normalized spacial score (nSPS) is 12.1. The molecule has 30 heavy (non-hydrogen) atoms. The molecule has 0 atom stereocenters. The monoisotopic (exact) mass is 402 g/mol. The first-order valence-corrected chi connectivity index (χ1v) is 9.46. The minimum Gasteiger partial charge on any atom is -0.454 e. The fourth-order valence-electron chi connectivity index (χ4n) is 3.24. The number of ether oxygens (including phenoxy) is 2. The topological polar surface area (TPSA) is 91.4 Å². The Bertz CT molecular complexity index is 1180. The summed E-state index contributed by atoms with van der Waals surface area (Å²) in [5, 5.41) is 6.96. The van der Waals surface area contributed by atoms with Gasteiger partial charge in [0.15, 0.2) is 11.5 Å². The van der Waals surface area contributed by atoms with Gasteiger partial charge in [0.1, 0.15) is 12.2 Å². The Morgan fingerprint density at radius 3 is 2.80 bits per heavy atom. The Morgan fingerprint density at radius 1 is 1.03 bits per heavy atom. The number of benzene rings is 2. The first kappa shape index (κ1) is 18.0. The molecule has 0 spiro atoms. The number of carbonyl (C=O) groups is 1. The van der Waals surface area contributed by atoms with E-state index in [9.17, 15) is 4.79 Å². The van der Waals surface area contributed by atoms with E-state index >= 15 is 0 Å². The third-order valence-electron chi connectivity index (χ3n) is 4.75. The van der Waals surface area contributed by atoms with E-state index in [0.29, 0.717) is 29.7 Å². The van der Waals surface area contributed by atoms with Crippen molar-refractivity contribution in [3.8, 4) is 34.5 Å². The van der Waals surface area contributed by atoms with Gasteiger partial charge >= 0.3 is 0 Å². The van der Waals surface area contributed by atoms with Gasteiger partial charge in [-0.3, -0.25) is 4.79 Å². The lowest BCUT2D eigenvalue weighted by molar-refractivity contribution is -0.121. The van der Waals surface area contributed by atoms with E-state index in [-0.39, 0.29) is 19.2 Å². The summed E-state index contributed by atoms with van der Waals surface area (Å²) in [5.74, 6) is 2.15. The predicted octanol–water partition coefficient (Wildman–Crippen LogP) is 3.25. The highest BCUT2D eigenvalue weighted by Gasteiger charge is 2.16. The number of carbonyl (C=O) groups excluding carboxylic acids is 1. The molecule has 1 amide bonds. The van der Waals surface area contributed by atoms with Crippen molar-refractivity contribution >= 4 is 5.91 Å². The zero-order valence-electron chi connectivity index (χ0n) is 15.9. The standard InChI is InChI=1S/C22H18N4O4/c27-20(23-12-15-8-9-18-19(11-15)29-14-28-18)13-26-10-4-7-17(26)22-24-21(25-30-22)16-5-2-1-3-6-16/h1-11H,12-14H2,(H,23,27). The van der Waals surface area contributed by atoms with Crippen LogP contribution in [0.1, 0.15) is 5.56 Å². The maximum absolute atomic E-state index is 12.5. The molecule has 8 nitrogen and oxygen atoms in total. The van der Waals surface area contributed by atoms with Gasteiger partial charge < -0.3 is 23.9 Å². The van der Waals surface area contributed by atoms with E-state index in [2.05, 4.69) is 15.5 Å². The Labute approximate surface area is 172 Å². The van der Waals surface area contributed by atoms with Gasteiger partial charge in [0.05, 0.1) is 0 Å². The summed E-state index contributed by atoms with van der Waals surface area (Å²) in [6.07, 6.45) is 1.81. The second kappa shape index (κ2) is 7.75. The Balaban J connectivity index is 1.25. The van der Waals surface area contributed by atoms with Crippen LogP contribution in [0.2, 0.25) is 0 Å². The smallest absolute Gasteiger partial charge is 0.274 e. The van der Waals surface area contributed by atoms with Gasteiger partial charge in [0.25, 0.3) is 5.89 Å². The Hall–Kier alpha value is -4.07. The van der Waals surface area contributed by atoms with E-state index < -0.39 is 0 Å². The van der Waals surface area contributed by atoms with Crippen LogP contribution in [0.5, 0.6) is 11.5 Å². The van der Waals surface area contributed by atoms with Crippen LogP contribution in [-0.2, 0) is 17.9 Å². The second-order valence-electron chi connectivity index (χ2n) is 6.77. The van der Waals surface area contributed by atoms with Crippen molar-refractivity contribution in [1.29, 1.82) is 0 Å². The quantitative estimate of drug-likeness (QED) is 0.532. The molecule has 3 heterocycles. The van der Waals surface area contributed by atoms with Crippen LogP contribution in [0.15, 0.2) is 71.4 Å². The van der Waals surface area contributed by atoms with Crippen LogP contribution >= 0.6 is 0 Å². The average Bonchev–Trinajstić information content (AvgIpc) is 3.52. The van der Waals surface area contributed by atoms with E-state index in [1.54, 1.807) is 4.57 Å². The number of fused-ring (bicyclic) bond motifs is 1. The van der Waals surface area contributed by atoms with Crippen molar-refractivity contribution < 1.29 is 18.8 Å². The molecule has 5 rings (SSSR count). The third kappa shape index (κ3) is 3.62. The molecular formula is C22H18N4O4. The summed E-state index contributed by atoms with van der Waals surface area (Å²) in [6, 6.07) is 18.9. The zero-order chi connectivity index (χ0) is 20.3. The molecule has 2 aromatic carbocycles. The maximum atomic E-state index is 12.5. The van der Waals surface area contributed by atoms with E-state index in [1.807, 2.05) is 66.9 Å². The molecule has 0 saturated heterocycles. The first-order chi connectivity index (χ1) is 14.8. The highest BCUT2D eigenvalue weighted by atomic mass is 16.7. The van der Waals surface area contributed by atoms with Crippen LogP contribution < -0.4 is 14.8 Å². The first-order valence-electron chi connectivity index (χ1n) is 9.46. The van der Waals surface area contributed by atoms with Crippen molar-refractivity contribution in [2.45, 2.75) is 13.1 Å². The molecule has 150 valence electrons. The largest absolute Gasteiger partial charge is 0.454 e. The van der Waals surface area contributed by atoms with Crippen LogP contribution in [0.25, 0.3) is 23.0 Å². The summed E-state index contributed by atoms with van der Waals surface area (Å²) < 4.78 is 17.9. The number of hydrogen-bond acceptors (Lipinski definition) is 6. The molecule has 0 saturated carbocycles. The fourth-order valence-corrected chi connectivity index (χ4v) is 3.24. The molecule has 4 aromatic rings. The van der Waals surface area contributed by atoms with Gasteiger partial charge in [-0.05, 0) is 29.8 Å². The molecule has 0 aliphatic carbocycles. The lowest BCUT2D eigenvalue weighted by Gasteiger charge is -2.08. The van der Waals surface area contributed by atoms with Crippen molar-refractivity contribution in [3.63, 3.8) is 0 Å². The molecule has 1 N–H and O–H groups in total. The minimum absolute atomic E-state index is 0.132. The molecule has 2 aromatic heterocycles. The molecular weight excluding hydrogens is 384 g/mol. The number of nitrogens with zero attached hydrogens (tertiary/aromatic N) is 3. The SMILES string of the molecule is O=C(Cn1cccc1-c1nc(-c2ccccc2)no1)NCc1ccc2c(c1)OCO2. The molecule has 0 radical (unpaired) electrons. The number of aromatic nitrogens is 3. The Kier molecular flexibility index (Phi) is 4.65. The Morgan fingerprint density at radius 2 is 1.90 bits per heavy atom. The average molecular weight is 402 g/mol. The molecule has 0 unspecified atom stereocenters. The van der Waals surface area contributed by atoms with Crippen molar-refractivity contribution in [3.05, 3.63) is 72.4 Å². The summed E-state index contributed by atoms with van der Waals surface area (Å²) in [5.41, 5.74) is 2.49. The summed E-state index contributed by atoms with van der Waals surface area (Å²) in [7, 11) is 0. The number of hydrogen-bond donors (Lipinski definition) is 1. The van der Waals surface area contributed by atoms with Gasteiger partial charge in [0.2, 0.25) is 18.5 Å². The third-order valence-corrected chi connectivity index (χ3v) is 4.75. The van der Waals surface area contributed by atoms with Gasteiger partial charge in [-0.2, -0.15) is 4.98 Å². The molecule has 1 aliphatic rings. The van der Waals surface area contributed by atoms with Crippen LogP contribution in [0.3, 0.4) is 0 Å². The van der Waals surface area contributed by atoms with Crippen molar-refractivity contribution in [1.82, 2.24) is 20.0 Å². The predicted molar refractivity (Wildman–Crippen MR) is 108 cm³/mol. The molecule has 0 fully saturated rings.